The molecule has 2 aromatic rings. The van der Waals surface area contributed by atoms with Gasteiger partial charge in [-0.1, -0.05) is 0 Å². The summed E-state index contributed by atoms with van der Waals surface area (Å²) in [6, 6.07) is 7.69. The molecule has 5 heteroatoms. The number of aromatic amines is 1. The van der Waals surface area contributed by atoms with Gasteiger partial charge in [0.15, 0.2) is 0 Å². The quantitative estimate of drug-likeness (QED) is 0.788. The van der Waals surface area contributed by atoms with Crippen LogP contribution in [0.25, 0.3) is 11.0 Å². The SMILES string of the molecule is N#Cc1ccc2nc(N3CCCNCC3)[nH]c2c1. The zero-order chi connectivity index (χ0) is 12.4. The molecule has 2 N–H and O–H groups in total. The van der Waals surface area contributed by atoms with Gasteiger partial charge in [0.1, 0.15) is 0 Å². The summed E-state index contributed by atoms with van der Waals surface area (Å²) in [5, 5.41) is 12.3. The molecular weight excluding hydrogens is 226 g/mol. The largest absolute Gasteiger partial charge is 0.341 e. The number of H-pyrrole nitrogens is 1. The number of nitrogens with zero attached hydrogens (tertiary/aromatic N) is 3. The molecule has 5 nitrogen and oxygen atoms in total. The second-order valence-corrected chi connectivity index (χ2v) is 4.49. The van der Waals surface area contributed by atoms with Gasteiger partial charge in [-0.25, -0.2) is 4.98 Å². The minimum Gasteiger partial charge on any atom is -0.341 e. The number of rotatable bonds is 1. The van der Waals surface area contributed by atoms with E-state index in [1.54, 1.807) is 6.07 Å². The molecule has 1 aliphatic heterocycles. The number of benzene rings is 1. The van der Waals surface area contributed by atoms with Crippen LogP contribution in [0.2, 0.25) is 0 Å². The number of aromatic nitrogens is 2. The lowest BCUT2D eigenvalue weighted by Crippen LogP contribution is -2.28. The van der Waals surface area contributed by atoms with Crippen molar-refractivity contribution in [1.82, 2.24) is 15.3 Å². The summed E-state index contributed by atoms with van der Waals surface area (Å²) in [4.78, 5) is 10.1. The van der Waals surface area contributed by atoms with Crippen LogP contribution in [-0.4, -0.2) is 36.1 Å². The van der Waals surface area contributed by atoms with Gasteiger partial charge in [0.05, 0.1) is 22.7 Å². The van der Waals surface area contributed by atoms with Crippen LogP contribution in [0.15, 0.2) is 18.2 Å². The Balaban J connectivity index is 1.94. The van der Waals surface area contributed by atoms with E-state index in [0.717, 1.165) is 49.6 Å². The summed E-state index contributed by atoms with van der Waals surface area (Å²) in [5.41, 5.74) is 2.51. The van der Waals surface area contributed by atoms with Crippen molar-refractivity contribution in [3.8, 4) is 6.07 Å². The van der Waals surface area contributed by atoms with Gasteiger partial charge in [0.2, 0.25) is 5.95 Å². The van der Waals surface area contributed by atoms with E-state index in [4.69, 9.17) is 5.26 Å². The second-order valence-electron chi connectivity index (χ2n) is 4.49. The number of anilines is 1. The predicted octanol–water partition coefficient (Wildman–Crippen LogP) is 1.23. The lowest BCUT2D eigenvalue weighted by atomic mass is 10.2. The van der Waals surface area contributed by atoms with Crippen LogP contribution in [0.4, 0.5) is 5.95 Å². The lowest BCUT2D eigenvalue weighted by molar-refractivity contribution is 0.724. The smallest absolute Gasteiger partial charge is 0.203 e. The Kier molecular flexibility index (Phi) is 2.87. The zero-order valence-electron chi connectivity index (χ0n) is 10.1. The highest BCUT2D eigenvalue weighted by Gasteiger charge is 2.13. The molecular formula is C13H15N5. The van der Waals surface area contributed by atoms with E-state index < -0.39 is 0 Å². The van der Waals surface area contributed by atoms with Gasteiger partial charge < -0.3 is 15.2 Å². The van der Waals surface area contributed by atoms with Gasteiger partial charge in [0.25, 0.3) is 0 Å². The second kappa shape index (κ2) is 4.67. The third kappa shape index (κ3) is 2.03. The Bertz CT molecular complexity index is 587. The fraction of sp³-hybridized carbons (Fsp3) is 0.385. The first-order chi connectivity index (χ1) is 8.86. The van der Waals surface area contributed by atoms with Crippen LogP contribution >= 0.6 is 0 Å². The van der Waals surface area contributed by atoms with Gasteiger partial charge in [0, 0.05) is 19.6 Å². The fourth-order valence-electron chi connectivity index (χ4n) is 2.27. The molecule has 0 radical (unpaired) electrons. The van der Waals surface area contributed by atoms with Crippen LogP contribution in [0.1, 0.15) is 12.0 Å². The van der Waals surface area contributed by atoms with E-state index >= 15 is 0 Å². The maximum atomic E-state index is 8.89. The normalized spacial score (nSPS) is 16.5. The summed E-state index contributed by atoms with van der Waals surface area (Å²) >= 11 is 0. The Labute approximate surface area is 105 Å². The molecule has 1 aliphatic rings. The maximum absolute atomic E-state index is 8.89. The minimum atomic E-state index is 0.662. The highest BCUT2D eigenvalue weighted by atomic mass is 15.3. The Hall–Kier alpha value is -2.06. The summed E-state index contributed by atoms with van der Waals surface area (Å²) < 4.78 is 0. The molecule has 0 bridgehead atoms. The van der Waals surface area contributed by atoms with Crippen molar-refractivity contribution in [2.24, 2.45) is 0 Å². The molecule has 1 aromatic heterocycles. The van der Waals surface area contributed by atoms with E-state index in [9.17, 15) is 0 Å². The number of imidazole rings is 1. The van der Waals surface area contributed by atoms with Crippen molar-refractivity contribution < 1.29 is 0 Å². The first-order valence-corrected chi connectivity index (χ1v) is 6.22. The summed E-state index contributed by atoms with van der Waals surface area (Å²) in [6.07, 6.45) is 1.13. The fourth-order valence-corrected chi connectivity index (χ4v) is 2.27. The monoisotopic (exact) mass is 241 g/mol. The molecule has 3 rings (SSSR count). The summed E-state index contributed by atoms with van der Waals surface area (Å²) in [7, 11) is 0. The molecule has 1 fully saturated rings. The van der Waals surface area contributed by atoms with E-state index in [1.807, 2.05) is 12.1 Å². The Morgan fingerprint density at radius 1 is 1.28 bits per heavy atom. The van der Waals surface area contributed by atoms with Crippen molar-refractivity contribution in [1.29, 1.82) is 5.26 Å². The van der Waals surface area contributed by atoms with E-state index in [1.165, 1.54) is 0 Å². The average Bonchev–Trinajstić information content (AvgIpc) is 2.63. The number of hydrogen-bond acceptors (Lipinski definition) is 4. The molecule has 0 spiro atoms. The van der Waals surface area contributed by atoms with Crippen molar-refractivity contribution >= 4 is 17.0 Å². The number of nitriles is 1. The van der Waals surface area contributed by atoms with Crippen LogP contribution in [0.3, 0.4) is 0 Å². The predicted molar refractivity (Wildman–Crippen MR) is 70.5 cm³/mol. The van der Waals surface area contributed by atoms with Crippen molar-refractivity contribution in [3.63, 3.8) is 0 Å². The third-order valence-corrected chi connectivity index (χ3v) is 3.24. The first-order valence-electron chi connectivity index (χ1n) is 6.22. The highest BCUT2D eigenvalue weighted by molar-refractivity contribution is 5.79. The molecule has 0 aliphatic carbocycles. The molecule has 0 unspecified atom stereocenters. The van der Waals surface area contributed by atoms with E-state index in [2.05, 4.69) is 26.3 Å². The van der Waals surface area contributed by atoms with Crippen LogP contribution < -0.4 is 10.2 Å². The van der Waals surface area contributed by atoms with Gasteiger partial charge in [-0.05, 0) is 31.2 Å². The van der Waals surface area contributed by atoms with E-state index in [-0.39, 0.29) is 0 Å². The first kappa shape index (κ1) is 11.1. The zero-order valence-corrected chi connectivity index (χ0v) is 10.1. The number of nitrogens with one attached hydrogen (secondary N) is 2. The third-order valence-electron chi connectivity index (χ3n) is 3.24. The van der Waals surface area contributed by atoms with Crippen LogP contribution in [0, 0.1) is 11.3 Å². The molecule has 2 heterocycles. The van der Waals surface area contributed by atoms with Crippen LogP contribution in [0.5, 0.6) is 0 Å². The summed E-state index contributed by atoms with van der Waals surface area (Å²) in [6.45, 7) is 4.03. The van der Waals surface area contributed by atoms with Crippen molar-refractivity contribution in [2.45, 2.75) is 6.42 Å². The average molecular weight is 241 g/mol. The molecule has 1 aromatic carbocycles. The Morgan fingerprint density at radius 3 is 3.11 bits per heavy atom. The molecule has 18 heavy (non-hydrogen) atoms. The van der Waals surface area contributed by atoms with Crippen LogP contribution in [-0.2, 0) is 0 Å². The minimum absolute atomic E-state index is 0.662. The Morgan fingerprint density at radius 2 is 2.22 bits per heavy atom. The number of fused-ring (bicyclic) bond motifs is 1. The van der Waals surface area contributed by atoms with E-state index in [0.29, 0.717) is 5.56 Å². The standard InChI is InChI=1S/C13H15N5/c14-9-10-2-3-11-12(8-10)17-13(16-11)18-6-1-4-15-5-7-18/h2-3,8,15H,1,4-7H2,(H,16,17). The van der Waals surface area contributed by atoms with Gasteiger partial charge in [-0.15, -0.1) is 0 Å². The van der Waals surface area contributed by atoms with Crippen molar-refractivity contribution in [3.05, 3.63) is 23.8 Å². The number of hydrogen-bond donors (Lipinski definition) is 2. The highest BCUT2D eigenvalue weighted by Crippen LogP contribution is 2.19. The molecule has 0 amide bonds. The molecule has 0 atom stereocenters. The topological polar surface area (TPSA) is 67.7 Å². The molecule has 92 valence electrons. The maximum Gasteiger partial charge on any atom is 0.203 e. The summed E-state index contributed by atoms with van der Waals surface area (Å²) in [5.74, 6) is 0.906. The molecule has 1 saturated heterocycles. The van der Waals surface area contributed by atoms with Gasteiger partial charge in [-0.3, -0.25) is 0 Å². The van der Waals surface area contributed by atoms with Gasteiger partial charge in [-0.2, -0.15) is 5.26 Å². The van der Waals surface area contributed by atoms with Gasteiger partial charge >= 0.3 is 0 Å². The lowest BCUT2D eigenvalue weighted by Gasteiger charge is -2.18. The molecule has 0 saturated carbocycles. The van der Waals surface area contributed by atoms with Crippen molar-refractivity contribution in [2.75, 3.05) is 31.1 Å².